The molecule has 0 aliphatic heterocycles. The predicted octanol–water partition coefficient (Wildman–Crippen LogP) is 1.42. The van der Waals surface area contributed by atoms with E-state index in [2.05, 4.69) is 0 Å². The lowest BCUT2D eigenvalue weighted by molar-refractivity contribution is 0.119. The molecule has 1 radical (unpaired) electrons. The Labute approximate surface area is 48.5 Å². The number of rotatable bonds is 0. The van der Waals surface area contributed by atoms with E-state index in [0.717, 1.165) is 12.8 Å². The van der Waals surface area contributed by atoms with E-state index >= 15 is 0 Å². The molecule has 0 saturated heterocycles. The summed E-state index contributed by atoms with van der Waals surface area (Å²) in [5.41, 5.74) is 0. The SMILES string of the molecule is OC1CCC[C](F)C1. The van der Waals surface area contributed by atoms with Gasteiger partial charge in [-0.25, -0.2) is 4.39 Å². The van der Waals surface area contributed by atoms with Gasteiger partial charge in [0, 0.05) is 6.42 Å². The Kier molecular flexibility index (Phi) is 1.84. The molecule has 0 heterocycles. The second-order valence-corrected chi connectivity index (χ2v) is 2.27. The molecule has 0 aromatic carbocycles. The van der Waals surface area contributed by atoms with Crippen LogP contribution in [0, 0.1) is 6.17 Å². The topological polar surface area (TPSA) is 20.2 Å². The number of aliphatic hydroxyl groups excluding tert-OH is 1. The van der Waals surface area contributed by atoms with Crippen LogP contribution >= 0.6 is 0 Å². The zero-order valence-corrected chi connectivity index (χ0v) is 4.73. The van der Waals surface area contributed by atoms with Gasteiger partial charge in [-0.15, -0.1) is 0 Å². The fraction of sp³-hybridized carbons (Fsp3) is 0.833. The van der Waals surface area contributed by atoms with Gasteiger partial charge in [-0.1, -0.05) is 0 Å². The van der Waals surface area contributed by atoms with Crippen molar-refractivity contribution in [2.75, 3.05) is 0 Å². The first-order valence-corrected chi connectivity index (χ1v) is 2.97. The van der Waals surface area contributed by atoms with Crippen molar-refractivity contribution in [2.45, 2.75) is 31.8 Å². The molecule has 0 spiro atoms. The van der Waals surface area contributed by atoms with Gasteiger partial charge in [-0.3, -0.25) is 0 Å². The van der Waals surface area contributed by atoms with Crippen LogP contribution < -0.4 is 0 Å². The largest absolute Gasteiger partial charge is 0.393 e. The van der Waals surface area contributed by atoms with Gasteiger partial charge in [0.15, 0.2) is 0 Å². The molecule has 0 amide bonds. The van der Waals surface area contributed by atoms with Gasteiger partial charge in [-0.05, 0) is 19.3 Å². The third-order valence-corrected chi connectivity index (χ3v) is 1.44. The highest BCUT2D eigenvalue weighted by atomic mass is 19.1. The Morgan fingerprint density at radius 1 is 1.62 bits per heavy atom. The first kappa shape index (κ1) is 6.02. The third-order valence-electron chi connectivity index (χ3n) is 1.44. The van der Waals surface area contributed by atoms with Crippen molar-refractivity contribution in [3.8, 4) is 0 Å². The van der Waals surface area contributed by atoms with Gasteiger partial charge in [-0.2, -0.15) is 0 Å². The zero-order valence-electron chi connectivity index (χ0n) is 4.73. The second-order valence-electron chi connectivity index (χ2n) is 2.27. The molecule has 1 aliphatic rings. The number of halogens is 1. The Morgan fingerprint density at radius 2 is 2.38 bits per heavy atom. The van der Waals surface area contributed by atoms with E-state index in [1.165, 1.54) is 0 Å². The summed E-state index contributed by atoms with van der Waals surface area (Å²) in [6.45, 7) is 0. The Hall–Kier alpha value is -0.110. The highest BCUT2D eigenvalue weighted by molar-refractivity contribution is 4.84. The molecule has 0 aromatic heterocycles. The highest BCUT2D eigenvalue weighted by Gasteiger charge is 2.19. The molecule has 1 nitrogen and oxygen atoms in total. The summed E-state index contributed by atoms with van der Waals surface area (Å²) in [7, 11) is 0. The normalized spacial score (nSPS) is 33.0. The summed E-state index contributed by atoms with van der Waals surface area (Å²) in [5, 5.41) is 8.82. The minimum atomic E-state index is -0.399. The van der Waals surface area contributed by atoms with Gasteiger partial charge in [0.05, 0.1) is 6.10 Å². The van der Waals surface area contributed by atoms with Crippen LogP contribution in [-0.2, 0) is 0 Å². The van der Waals surface area contributed by atoms with Gasteiger partial charge in [0.25, 0.3) is 0 Å². The molecule has 1 aliphatic carbocycles. The van der Waals surface area contributed by atoms with E-state index in [1.54, 1.807) is 0 Å². The molecule has 1 atom stereocenters. The van der Waals surface area contributed by atoms with E-state index in [1.807, 2.05) is 0 Å². The average Bonchev–Trinajstić information content (AvgIpc) is 1.64. The fourth-order valence-corrected chi connectivity index (χ4v) is 0.989. The highest BCUT2D eigenvalue weighted by Crippen LogP contribution is 2.26. The molecule has 8 heavy (non-hydrogen) atoms. The maximum absolute atomic E-state index is 12.2. The first-order valence-electron chi connectivity index (χ1n) is 2.97. The van der Waals surface area contributed by atoms with Crippen LogP contribution in [0.25, 0.3) is 0 Å². The van der Waals surface area contributed by atoms with E-state index < -0.39 is 6.10 Å². The van der Waals surface area contributed by atoms with Gasteiger partial charge in [0.1, 0.15) is 6.17 Å². The zero-order chi connectivity index (χ0) is 5.98. The van der Waals surface area contributed by atoms with Crippen molar-refractivity contribution in [3.05, 3.63) is 6.17 Å². The van der Waals surface area contributed by atoms with E-state index in [0.29, 0.717) is 6.42 Å². The van der Waals surface area contributed by atoms with Crippen LogP contribution in [0.1, 0.15) is 25.7 Å². The molecule has 1 saturated carbocycles. The summed E-state index contributed by atoms with van der Waals surface area (Å²) < 4.78 is 12.2. The van der Waals surface area contributed by atoms with Crippen LogP contribution in [0.5, 0.6) is 0 Å². The predicted molar refractivity (Wildman–Crippen MR) is 28.8 cm³/mol. The minimum Gasteiger partial charge on any atom is -0.393 e. The molecule has 1 fully saturated rings. The van der Waals surface area contributed by atoms with Crippen LogP contribution in [0.3, 0.4) is 0 Å². The van der Waals surface area contributed by atoms with Crippen LogP contribution in [-0.4, -0.2) is 11.2 Å². The van der Waals surface area contributed by atoms with Crippen molar-refractivity contribution in [1.82, 2.24) is 0 Å². The summed E-state index contributed by atoms with van der Waals surface area (Å²) in [4.78, 5) is 0. The molecule has 0 bridgehead atoms. The Bertz CT molecular complexity index is 66.9. The Balaban J connectivity index is 2.23. The lowest BCUT2D eigenvalue weighted by atomic mass is 9.96. The number of hydrogen-bond acceptors (Lipinski definition) is 1. The summed E-state index contributed by atoms with van der Waals surface area (Å²) in [5.74, 6) is 0. The monoisotopic (exact) mass is 117 g/mol. The van der Waals surface area contributed by atoms with Crippen molar-refractivity contribution >= 4 is 0 Å². The number of aliphatic hydroxyl groups is 1. The standard InChI is InChI=1S/C6H10FO/c7-5-2-1-3-6(8)4-5/h6,8H,1-4H2. The smallest absolute Gasteiger partial charge is 0.147 e. The van der Waals surface area contributed by atoms with E-state index in [-0.39, 0.29) is 12.6 Å². The van der Waals surface area contributed by atoms with Crippen molar-refractivity contribution in [3.63, 3.8) is 0 Å². The number of hydrogen-bond donors (Lipinski definition) is 1. The average molecular weight is 117 g/mol. The lowest BCUT2D eigenvalue weighted by Gasteiger charge is -2.18. The van der Waals surface area contributed by atoms with Crippen molar-refractivity contribution < 1.29 is 9.50 Å². The first-order chi connectivity index (χ1) is 3.79. The van der Waals surface area contributed by atoms with Crippen LogP contribution in [0.4, 0.5) is 4.39 Å². The Morgan fingerprint density at radius 3 is 2.75 bits per heavy atom. The third kappa shape index (κ3) is 1.44. The summed E-state index contributed by atoms with van der Waals surface area (Å²) in [6, 6.07) is 0. The van der Waals surface area contributed by atoms with Crippen molar-refractivity contribution in [2.24, 2.45) is 0 Å². The molecule has 0 aromatic rings. The molecular formula is C6H10FO. The lowest BCUT2D eigenvalue weighted by Crippen LogP contribution is -2.14. The fourth-order valence-electron chi connectivity index (χ4n) is 0.989. The molecule has 2 heteroatoms. The van der Waals surface area contributed by atoms with Gasteiger partial charge in [0.2, 0.25) is 0 Å². The molecule has 1 unspecified atom stereocenters. The van der Waals surface area contributed by atoms with Crippen LogP contribution in [0.2, 0.25) is 0 Å². The maximum Gasteiger partial charge on any atom is 0.147 e. The summed E-state index contributed by atoms with van der Waals surface area (Å²) >= 11 is 0. The van der Waals surface area contributed by atoms with Gasteiger partial charge >= 0.3 is 0 Å². The molecule has 47 valence electrons. The molecule has 1 N–H and O–H groups in total. The van der Waals surface area contributed by atoms with E-state index in [9.17, 15) is 4.39 Å². The molecule has 1 rings (SSSR count). The quantitative estimate of drug-likeness (QED) is 0.508. The molecular weight excluding hydrogens is 107 g/mol. The van der Waals surface area contributed by atoms with E-state index in [4.69, 9.17) is 5.11 Å². The minimum absolute atomic E-state index is 0.0382. The van der Waals surface area contributed by atoms with Crippen LogP contribution in [0.15, 0.2) is 0 Å². The van der Waals surface area contributed by atoms with Gasteiger partial charge < -0.3 is 5.11 Å². The van der Waals surface area contributed by atoms with Crippen molar-refractivity contribution in [1.29, 1.82) is 0 Å². The second kappa shape index (κ2) is 2.44. The maximum atomic E-state index is 12.2. The summed E-state index contributed by atoms with van der Waals surface area (Å²) in [6.07, 6.45) is 1.99.